The van der Waals surface area contributed by atoms with Crippen LogP contribution in [0.5, 0.6) is 0 Å². The normalized spacial score (nSPS) is 16.0. The molecule has 17 heavy (non-hydrogen) atoms. The van der Waals surface area contributed by atoms with Gasteiger partial charge in [-0.15, -0.1) is 0 Å². The van der Waals surface area contributed by atoms with E-state index >= 15 is 0 Å². The number of rotatable bonds is 4. The molecule has 0 aromatic heterocycles. The highest BCUT2D eigenvalue weighted by Crippen LogP contribution is 2.32. The van der Waals surface area contributed by atoms with Crippen LogP contribution in [0.2, 0.25) is 0 Å². The molecule has 1 aliphatic carbocycles. The minimum absolute atomic E-state index is 0.524. The van der Waals surface area contributed by atoms with E-state index in [9.17, 15) is 0 Å². The number of anilines is 1. The molecule has 0 spiro atoms. The van der Waals surface area contributed by atoms with Gasteiger partial charge < -0.3 is 11.1 Å². The number of hydrogen-bond donors (Lipinski definition) is 2. The molecule has 1 aliphatic rings. The van der Waals surface area contributed by atoms with Gasteiger partial charge in [0.05, 0.1) is 0 Å². The Kier molecular flexibility index (Phi) is 3.67. The van der Waals surface area contributed by atoms with E-state index in [1.54, 1.807) is 0 Å². The second-order valence-corrected chi connectivity index (χ2v) is 5.00. The SMILES string of the molecule is Cc1cc(C)cc(NC(N)=NCCC2CC2)c1. The fourth-order valence-electron chi connectivity index (χ4n) is 2.01. The zero-order chi connectivity index (χ0) is 12.3. The van der Waals surface area contributed by atoms with Crippen molar-refractivity contribution in [3.8, 4) is 0 Å². The summed E-state index contributed by atoms with van der Waals surface area (Å²) in [7, 11) is 0. The number of aryl methyl sites for hydroxylation is 2. The van der Waals surface area contributed by atoms with Crippen molar-refractivity contribution in [3.63, 3.8) is 0 Å². The smallest absolute Gasteiger partial charge is 0.193 e. The summed E-state index contributed by atoms with van der Waals surface area (Å²) in [5.41, 5.74) is 9.34. The minimum atomic E-state index is 0.524. The van der Waals surface area contributed by atoms with Crippen LogP contribution in [0.4, 0.5) is 5.69 Å². The first kappa shape index (κ1) is 12.0. The van der Waals surface area contributed by atoms with Gasteiger partial charge in [0, 0.05) is 12.2 Å². The summed E-state index contributed by atoms with van der Waals surface area (Å²) < 4.78 is 0. The maximum absolute atomic E-state index is 5.85. The third-order valence-electron chi connectivity index (χ3n) is 3.01. The maximum Gasteiger partial charge on any atom is 0.193 e. The van der Waals surface area contributed by atoms with E-state index in [-0.39, 0.29) is 0 Å². The second kappa shape index (κ2) is 5.21. The van der Waals surface area contributed by atoms with E-state index in [2.05, 4.69) is 42.4 Å². The number of nitrogens with two attached hydrogens (primary N) is 1. The van der Waals surface area contributed by atoms with Crippen LogP contribution >= 0.6 is 0 Å². The van der Waals surface area contributed by atoms with Crippen LogP contribution in [0, 0.1) is 19.8 Å². The van der Waals surface area contributed by atoms with Crippen LogP contribution in [-0.4, -0.2) is 12.5 Å². The van der Waals surface area contributed by atoms with Gasteiger partial charge in [0.25, 0.3) is 0 Å². The summed E-state index contributed by atoms with van der Waals surface area (Å²) in [5.74, 6) is 1.43. The molecule has 0 radical (unpaired) electrons. The van der Waals surface area contributed by atoms with E-state index in [4.69, 9.17) is 5.73 Å². The van der Waals surface area contributed by atoms with Crippen LogP contribution in [0.1, 0.15) is 30.4 Å². The summed E-state index contributed by atoms with van der Waals surface area (Å²) in [5, 5.41) is 3.15. The lowest BCUT2D eigenvalue weighted by atomic mass is 10.1. The molecule has 0 saturated heterocycles. The number of guanidine groups is 1. The molecule has 1 fully saturated rings. The molecule has 3 heteroatoms. The van der Waals surface area contributed by atoms with Crippen molar-refractivity contribution >= 4 is 11.6 Å². The number of nitrogens with one attached hydrogen (secondary N) is 1. The number of benzene rings is 1. The predicted molar refractivity (Wildman–Crippen MR) is 73.4 cm³/mol. The fraction of sp³-hybridized carbons (Fsp3) is 0.500. The van der Waals surface area contributed by atoms with Crippen molar-refractivity contribution < 1.29 is 0 Å². The van der Waals surface area contributed by atoms with Crippen LogP contribution in [-0.2, 0) is 0 Å². The summed E-state index contributed by atoms with van der Waals surface area (Å²) in [4.78, 5) is 4.34. The molecule has 0 unspecified atom stereocenters. The highest BCUT2D eigenvalue weighted by Gasteiger charge is 2.19. The van der Waals surface area contributed by atoms with Crippen molar-refractivity contribution in [2.75, 3.05) is 11.9 Å². The third kappa shape index (κ3) is 4.10. The fourth-order valence-corrected chi connectivity index (χ4v) is 2.01. The Labute approximate surface area is 103 Å². The molecule has 2 rings (SSSR count). The van der Waals surface area contributed by atoms with Gasteiger partial charge in [0.15, 0.2) is 5.96 Å². The van der Waals surface area contributed by atoms with Crippen molar-refractivity contribution in [3.05, 3.63) is 29.3 Å². The molecule has 1 aromatic carbocycles. The summed E-state index contributed by atoms with van der Waals surface area (Å²) in [6.45, 7) is 5.01. The van der Waals surface area contributed by atoms with Gasteiger partial charge in [-0.2, -0.15) is 0 Å². The van der Waals surface area contributed by atoms with E-state index in [1.165, 1.54) is 30.4 Å². The van der Waals surface area contributed by atoms with E-state index in [1.807, 2.05) is 0 Å². The van der Waals surface area contributed by atoms with E-state index < -0.39 is 0 Å². The first-order valence-corrected chi connectivity index (χ1v) is 6.29. The van der Waals surface area contributed by atoms with Crippen LogP contribution in [0.25, 0.3) is 0 Å². The molecule has 0 amide bonds. The van der Waals surface area contributed by atoms with Crippen LogP contribution in [0.3, 0.4) is 0 Å². The Morgan fingerprint density at radius 3 is 2.53 bits per heavy atom. The number of hydrogen-bond acceptors (Lipinski definition) is 1. The zero-order valence-electron chi connectivity index (χ0n) is 10.7. The lowest BCUT2D eigenvalue weighted by Crippen LogP contribution is -2.23. The molecular formula is C14H21N3. The van der Waals surface area contributed by atoms with E-state index in [0.29, 0.717) is 5.96 Å². The molecule has 3 N–H and O–H groups in total. The maximum atomic E-state index is 5.85. The third-order valence-corrected chi connectivity index (χ3v) is 3.01. The molecule has 1 aromatic rings. The highest BCUT2D eigenvalue weighted by atomic mass is 15.1. The van der Waals surface area contributed by atoms with Crippen molar-refractivity contribution in [1.29, 1.82) is 0 Å². The van der Waals surface area contributed by atoms with Gasteiger partial charge in [-0.25, -0.2) is 0 Å². The highest BCUT2D eigenvalue weighted by molar-refractivity contribution is 5.92. The molecule has 0 bridgehead atoms. The molecule has 92 valence electrons. The number of aliphatic imine (C=N–C) groups is 1. The summed E-state index contributed by atoms with van der Waals surface area (Å²) in [6, 6.07) is 6.30. The van der Waals surface area contributed by atoms with Gasteiger partial charge in [-0.1, -0.05) is 18.9 Å². The van der Waals surface area contributed by atoms with Crippen LogP contribution < -0.4 is 11.1 Å². The van der Waals surface area contributed by atoms with Crippen molar-refractivity contribution in [1.82, 2.24) is 0 Å². The van der Waals surface area contributed by atoms with Crippen molar-refractivity contribution in [2.45, 2.75) is 33.1 Å². The van der Waals surface area contributed by atoms with Gasteiger partial charge in [-0.05, 0) is 49.4 Å². The average molecular weight is 231 g/mol. The van der Waals surface area contributed by atoms with Crippen LogP contribution in [0.15, 0.2) is 23.2 Å². The Bertz CT molecular complexity index is 399. The first-order valence-electron chi connectivity index (χ1n) is 6.29. The second-order valence-electron chi connectivity index (χ2n) is 5.00. The molecule has 0 atom stereocenters. The molecule has 0 heterocycles. The van der Waals surface area contributed by atoms with Gasteiger partial charge in [-0.3, -0.25) is 4.99 Å². The quantitative estimate of drug-likeness (QED) is 0.618. The lowest BCUT2D eigenvalue weighted by Gasteiger charge is -2.07. The van der Waals surface area contributed by atoms with Gasteiger partial charge >= 0.3 is 0 Å². The molecule has 1 saturated carbocycles. The Morgan fingerprint density at radius 2 is 1.94 bits per heavy atom. The van der Waals surface area contributed by atoms with Crippen molar-refractivity contribution in [2.24, 2.45) is 16.6 Å². The Morgan fingerprint density at radius 1 is 1.29 bits per heavy atom. The van der Waals surface area contributed by atoms with E-state index in [0.717, 1.165) is 18.2 Å². The van der Waals surface area contributed by atoms with Gasteiger partial charge in [0.1, 0.15) is 0 Å². The topological polar surface area (TPSA) is 50.4 Å². The Balaban J connectivity index is 1.89. The standard InChI is InChI=1S/C14H21N3/c1-10-7-11(2)9-13(8-10)17-14(15)16-6-5-12-3-4-12/h7-9,12H,3-6H2,1-2H3,(H3,15,16,17). The molecule has 0 aliphatic heterocycles. The summed E-state index contributed by atoms with van der Waals surface area (Å²) >= 11 is 0. The van der Waals surface area contributed by atoms with Gasteiger partial charge in [0.2, 0.25) is 0 Å². The number of nitrogens with zero attached hydrogens (tertiary/aromatic N) is 1. The average Bonchev–Trinajstić information content (AvgIpc) is 2.99. The largest absolute Gasteiger partial charge is 0.370 e. The lowest BCUT2D eigenvalue weighted by molar-refractivity contribution is 0.739. The zero-order valence-corrected chi connectivity index (χ0v) is 10.7. The Hall–Kier alpha value is -1.51. The predicted octanol–water partition coefficient (Wildman–Crippen LogP) is 2.83. The molecular weight excluding hydrogens is 210 g/mol. The molecule has 3 nitrogen and oxygen atoms in total. The first-order chi connectivity index (χ1) is 8.13. The monoisotopic (exact) mass is 231 g/mol. The minimum Gasteiger partial charge on any atom is -0.370 e. The summed E-state index contributed by atoms with van der Waals surface area (Å²) in [6.07, 6.45) is 3.93.